The summed E-state index contributed by atoms with van der Waals surface area (Å²) in [5, 5.41) is 5.57. The van der Waals surface area contributed by atoms with Crippen LogP contribution in [-0.4, -0.2) is 22.6 Å². The number of aromatic nitrogens is 1. The molecule has 28 heavy (non-hydrogen) atoms. The number of benzene rings is 2. The van der Waals surface area contributed by atoms with Gasteiger partial charge < -0.3 is 15.4 Å². The fourth-order valence-corrected chi connectivity index (χ4v) is 3.76. The van der Waals surface area contributed by atoms with Gasteiger partial charge in [-0.15, -0.1) is 11.8 Å². The average molecular weight is 456 g/mol. The van der Waals surface area contributed by atoms with Crippen molar-refractivity contribution in [2.24, 2.45) is 0 Å². The van der Waals surface area contributed by atoms with E-state index in [-0.39, 0.29) is 11.8 Å². The number of anilines is 2. The summed E-state index contributed by atoms with van der Waals surface area (Å²) >= 11 is 4.84. The number of halogens is 1. The van der Waals surface area contributed by atoms with Crippen LogP contribution < -0.4 is 15.4 Å². The van der Waals surface area contributed by atoms with Crippen molar-refractivity contribution >= 4 is 50.9 Å². The average Bonchev–Trinajstić information content (AvgIpc) is 2.69. The van der Waals surface area contributed by atoms with E-state index >= 15 is 0 Å². The monoisotopic (exact) mass is 455 g/mol. The second-order valence-corrected chi connectivity index (χ2v) is 7.88. The molecule has 0 radical (unpaired) electrons. The van der Waals surface area contributed by atoms with Gasteiger partial charge in [0, 0.05) is 21.0 Å². The van der Waals surface area contributed by atoms with Crippen LogP contribution in [0.15, 0.2) is 70.2 Å². The second-order valence-electron chi connectivity index (χ2n) is 5.95. The molecule has 0 saturated carbocycles. The quantitative estimate of drug-likeness (QED) is 0.582. The molecule has 1 aliphatic heterocycles. The fourth-order valence-electron chi connectivity index (χ4n) is 2.59. The van der Waals surface area contributed by atoms with Gasteiger partial charge in [0.05, 0.1) is 23.3 Å². The van der Waals surface area contributed by atoms with Gasteiger partial charge in [-0.1, -0.05) is 22.0 Å². The molecule has 2 heterocycles. The molecule has 0 bridgehead atoms. The molecule has 0 fully saturated rings. The number of rotatable bonds is 4. The van der Waals surface area contributed by atoms with E-state index < -0.39 is 0 Å². The van der Waals surface area contributed by atoms with Crippen molar-refractivity contribution in [2.75, 3.05) is 16.4 Å². The third-order valence-electron chi connectivity index (χ3n) is 3.89. The molecular formula is C20H14BrN3O3S. The van der Waals surface area contributed by atoms with Crippen molar-refractivity contribution in [3.05, 3.63) is 70.8 Å². The molecule has 2 N–H and O–H groups in total. The smallest absolute Gasteiger partial charge is 0.255 e. The molecule has 4 rings (SSSR count). The number of nitrogens with zero attached hydrogens (tertiary/aromatic N) is 1. The molecule has 2 amide bonds. The molecule has 3 aromatic rings. The minimum Gasteiger partial charge on any atom is -0.439 e. The Balaban J connectivity index is 1.43. The van der Waals surface area contributed by atoms with Gasteiger partial charge in [-0.05, 0) is 42.5 Å². The Morgan fingerprint density at radius 2 is 2.07 bits per heavy atom. The lowest BCUT2D eigenvalue weighted by molar-refractivity contribution is -0.113. The Morgan fingerprint density at radius 1 is 1.18 bits per heavy atom. The molecule has 6 nitrogen and oxygen atoms in total. The summed E-state index contributed by atoms with van der Waals surface area (Å²) in [6.07, 6.45) is 1.53. The summed E-state index contributed by atoms with van der Waals surface area (Å²) in [4.78, 5) is 29.2. The van der Waals surface area contributed by atoms with Crippen LogP contribution in [0.5, 0.6) is 11.6 Å². The lowest BCUT2D eigenvalue weighted by Gasteiger charge is -2.17. The molecular weight excluding hydrogens is 442 g/mol. The van der Waals surface area contributed by atoms with E-state index in [1.807, 2.05) is 30.3 Å². The zero-order valence-electron chi connectivity index (χ0n) is 14.4. The van der Waals surface area contributed by atoms with Gasteiger partial charge >= 0.3 is 0 Å². The van der Waals surface area contributed by atoms with Crippen molar-refractivity contribution in [3.63, 3.8) is 0 Å². The van der Waals surface area contributed by atoms with Gasteiger partial charge in [-0.2, -0.15) is 0 Å². The van der Waals surface area contributed by atoms with Crippen molar-refractivity contribution < 1.29 is 14.3 Å². The third-order valence-corrected chi connectivity index (χ3v) is 5.45. The minimum atomic E-state index is -0.282. The zero-order valence-corrected chi connectivity index (χ0v) is 16.8. The van der Waals surface area contributed by atoms with Crippen LogP contribution >= 0.6 is 27.7 Å². The summed E-state index contributed by atoms with van der Waals surface area (Å²) in [7, 11) is 0. The highest BCUT2D eigenvalue weighted by molar-refractivity contribution is 9.10. The lowest BCUT2D eigenvalue weighted by atomic mass is 10.1. The zero-order chi connectivity index (χ0) is 19.5. The maximum atomic E-state index is 12.5. The van der Waals surface area contributed by atoms with E-state index in [1.165, 1.54) is 18.0 Å². The number of pyridine rings is 1. The summed E-state index contributed by atoms with van der Waals surface area (Å²) in [5.74, 6) is 1.12. The highest BCUT2D eigenvalue weighted by Crippen LogP contribution is 2.32. The number of carbonyl (C=O) groups is 2. The lowest BCUT2D eigenvalue weighted by Crippen LogP contribution is -2.19. The Hall–Kier alpha value is -2.84. The van der Waals surface area contributed by atoms with Crippen molar-refractivity contribution in [1.29, 1.82) is 0 Å². The summed E-state index contributed by atoms with van der Waals surface area (Å²) in [6, 6.07) is 16.1. The highest BCUT2D eigenvalue weighted by Gasteiger charge is 2.17. The standard InChI is InChI=1S/C20H14BrN3O3S/c21-13-2-1-3-15(9-13)27-19-7-5-14(10-22-19)23-20(26)12-4-6-17-16(8-12)24-18(25)11-28-17/h1-10H,11H2,(H,23,26)(H,24,25). The molecule has 2 aromatic carbocycles. The Morgan fingerprint density at radius 3 is 2.86 bits per heavy atom. The van der Waals surface area contributed by atoms with Crippen LogP contribution in [0.1, 0.15) is 10.4 Å². The first-order chi connectivity index (χ1) is 13.6. The Kier molecular flexibility index (Phi) is 5.31. The third kappa shape index (κ3) is 4.35. The number of thioether (sulfide) groups is 1. The summed E-state index contributed by atoms with van der Waals surface area (Å²) < 4.78 is 6.59. The number of carbonyl (C=O) groups excluding carboxylic acids is 2. The Bertz CT molecular complexity index is 1060. The fraction of sp³-hybridized carbons (Fsp3) is 0.0500. The number of hydrogen-bond acceptors (Lipinski definition) is 5. The van der Waals surface area contributed by atoms with Crippen molar-refractivity contribution in [2.45, 2.75) is 4.90 Å². The molecule has 0 atom stereocenters. The molecule has 0 spiro atoms. The van der Waals surface area contributed by atoms with Crippen LogP contribution in [0.4, 0.5) is 11.4 Å². The van der Waals surface area contributed by atoms with Gasteiger partial charge in [0.2, 0.25) is 11.8 Å². The minimum absolute atomic E-state index is 0.0692. The maximum Gasteiger partial charge on any atom is 0.255 e. The summed E-state index contributed by atoms with van der Waals surface area (Å²) in [5.41, 5.74) is 1.66. The van der Waals surface area contributed by atoms with Crippen LogP contribution in [0.3, 0.4) is 0 Å². The molecule has 1 aliphatic rings. The largest absolute Gasteiger partial charge is 0.439 e. The topological polar surface area (TPSA) is 80.3 Å². The maximum absolute atomic E-state index is 12.5. The SMILES string of the molecule is O=C1CSc2ccc(C(=O)Nc3ccc(Oc4cccc(Br)c4)nc3)cc2N1. The predicted molar refractivity (Wildman–Crippen MR) is 112 cm³/mol. The molecule has 140 valence electrons. The molecule has 0 saturated heterocycles. The number of amides is 2. The van der Waals surface area contributed by atoms with Gasteiger partial charge in [0.25, 0.3) is 5.91 Å². The van der Waals surface area contributed by atoms with Crippen LogP contribution in [0, 0.1) is 0 Å². The Labute approximate surface area is 173 Å². The second kappa shape index (κ2) is 8.04. The first-order valence-electron chi connectivity index (χ1n) is 8.34. The number of ether oxygens (including phenoxy) is 1. The van der Waals surface area contributed by atoms with Crippen LogP contribution in [0.25, 0.3) is 0 Å². The molecule has 0 unspecified atom stereocenters. The van der Waals surface area contributed by atoms with E-state index in [0.29, 0.717) is 34.3 Å². The highest BCUT2D eigenvalue weighted by atomic mass is 79.9. The van der Waals surface area contributed by atoms with Crippen LogP contribution in [-0.2, 0) is 4.79 Å². The molecule has 8 heteroatoms. The predicted octanol–water partition coefficient (Wildman–Crippen LogP) is 4.93. The van der Waals surface area contributed by atoms with E-state index in [0.717, 1.165) is 9.37 Å². The molecule has 1 aromatic heterocycles. The van der Waals surface area contributed by atoms with Gasteiger partial charge in [0.1, 0.15) is 5.75 Å². The molecule has 0 aliphatic carbocycles. The number of nitrogens with one attached hydrogen (secondary N) is 2. The van der Waals surface area contributed by atoms with Gasteiger partial charge in [0.15, 0.2) is 0 Å². The normalized spacial score (nSPS) is 12.7. The van der Waals surface area contributed by atoms with E-state index in [1.54, 1.807) is 24.3 Å². The first kappa shape index (κ1) is 18.5. The van der Waals surface area contributed by atoms with Gasteiger partial charge in [-0.25, -0.2) is 4.98 Å². The van der Waals surface area contributed by atoms with E-state index in [2.05, 4.69) is 31.5 Å². The van der Waals surface area contributed by atoms with E-state index in [9.17, 15) is 9.59 Å². The van der Waals surface area contributed by atoms with Crippen LogP contribution in [0.2, 0.25) is 0 Å². The number of fused-ring (bicyclic) bond motifs is 1. The van der Waals surface area contributed by atoms with Crippen molar-refractivity contribution in [1.82, 2.24) is 4.98 Å². The van der Waals surface area contributed by atoms with Crippen molar-refractivity contribution in [3.8, 4) is 11.6 Å². The van der Waals surface area contributed by atoms with Gasteiger partial charge in [-0.3, -0.25) is 9.59 Å². The number of hydrogen-bond donors (Lipinski definition) is 2. The van der Waals surface area contributed by atoms with E-state index in [4.69, 9.17) is 4.74 Å². The summed E-state index contributed by atoms with van der Waals surface area (Å²) in [6.45, 7) is 0. The first-order valence-corrected chi connectivity index (χ1v) is 10.1.